The van der Waals surface area contributed by atoms with Crippen LogP contribution in [0, 0.1) is 0 Å². The van der Waals surface area contributed by atoms with E-state index in [4.69, 9.17) is 4.74 Å². The van der Waals surface area contributed by atoms with Crippen molar-refractivity contribution in [2.75, 3.05) is 0 Å². The van der Waals surface area contributed by atoms with Gasteiger partial charge in [0.25, 0.3) is 0 Å². The van der Waals surface area contributed by atoms with Gasteiger partial charge in [0.15, 0.2) is 0 Å². The van der Waals surface area contributed by atoms with Gasteiger partial charge in [-0.2, -0.15) is 0 Å². The molecule has 0 N–H and O–H groups in total. The molecule has 0 bridgehead atoms. The second-order valence-electron chi connectivity index (χ2n) is 4.60. The fraction of sp³-hybridized carbons (Fsp3) is 0.769. The Bertz CT molecular complexity index is 278. The summed E-state index contributed by atoms with van der Waals surface area (Å²) < 4.78 is 5.45. The number of esters is 1. The first-order chi connectivity index (χ1) is 7.33. The van der Waals surface area contributed by atoms with Crippen molar-refractivity contribution in [3.05, 3.63) is 11.1 Å². The third-order valence-corrected chi connectivity index (χ3v) is 3.46. The zero-order valence-electron chi connectivity index (χ0n) is 9.55. The van der Waals surface area contributed by atoms with Crippen LogP contribution in [0.3, 0.4) is 0 Å². The number of hydrogen-bond donors (Lipinski definition) is 0. The summed E-state index contributed by atoms with van der Waals surface area (Å²) in [7, 11) is 0. The molecule has 0 amide bonds. The van der Waals surface area contributed by atoms with Gasteiger partial charge in [0, 0.05) is 5.57 Å². The average molecular weight is 208 g/mol. The van der Waals surface area contributed by atoms with E-state index >= 15 is 0 Å². The lowest BCUT2D eigenvalue weighted by Gasteiger charge is -2.13. The molecule has 15 heavy (non-hydrogen) atoms. The number of cyclic esters (lactones) is 1. The molecule has 0 aromatic heterocycles. The van der Waals surface area contributed by atoms with Gasteiger partial charge in [-0.3, -0.25) is 0 Å². The van der Waals surface area contributed by atoms with Crippen molar-refractivity contribution in [1.29, 1.82) is 0 Å². The minimum absolute atomic E-state index is 0.0204. The Morgan fingerprint density at radius 3 is 2.87 bits per heavy atom. The molecule has 0 saturated carbocycles. The maximum Gasteiger partial charge on any atom is 0.334 e. The van der Waals surface area contributed by atoms with Crippen molar-refractivity contribution < 1.29 is 9.53 Å². The largest absolute Gasteiger partial charge is 0.454 e. The van der Waals surface area contributed by atoms with E-state index in [1.165, 1.54) is 24.8 Å². The molecule has 2 heteroatoms. The van der Waals surface area contributed by atoms with Crippen molar-refractivity contribution in [1.82, 2.24) is 0 Å². The Morgan fingerprint density at radius 1 is 1.27 bits per heavy atom. The zero-order chi connectivity index (χ0) is 10.7. The average Bonchev–Trinajstić information content (AvgIpc) is 2.45. The minimum atomic E-state index is -0.0204. The number of rotatable bonds is 3. The van der Waals surface area contributed by atoms with Gasteiger partial charge in [0.2, 0.25) is 0 Å². The summed E-state index contributed by atoms with van der Waals surface area (Å²) in [6, 6.07) is 0. The molecule has 0 fully saturated rings. The van der Waals surface area contributed by atoms with Crippen LogP contribution in [0.5, 0.6) is 0 Å². The van der Waals surface area contributed by atoms with Crippen molar-refractivity contribution >= 4 is 5.97 Å². The van der Waals surface area contributed by atoms with Gasteiger partial charge in [-0.15, -0.1) is 0 Å². The molecular weight excluding hydrogens is 188 g/mol. The number of carbonyl (C=O) groups is 1. The van der Waals surface area contributed by atoms with E-state index in [0.717, 1.165) is 37.7 Å². The zero-order valence-corrected chi connectivity index (χ0v) is 9.55. The predicted octanol–water partition coefficient (Wildman–Crippen LogP) is 3.36. The standard InChI is InChI=1S/C13H20O2/c1-2-3-9-12-10-7-5-4-6-8-11(10)13(14)15-12/h12H,2-9H2,1H3. The topological polar surface area (TPSA) is 26.3 Å². The molecule has 1 unspecified atom stereocenters. The lowest BCUT2D eigenvalue weighted by molar-refractivity contribution is -0.140. The number of hydrogen-bond acceptors (Lipinski definition) is 2. The SMILES string of the molecule is CCCCC1OC(=O)C2=C1CCCCC2. The molecule has 2 nitrogen and oxygen atoms in total. The molecule has 84 valence electrons. The van der Waals surface area contributed by atoms with Gasteiger partial charge >= 0.3 is 5.97 Å². The molecule has 1 aliphatic heterocycles. The van der Waals surface area contributed by atoms with Crippen molar-refractivity contribution in [2.24, 2.45) is 0 Å². The fourth-order valence-corrected chi connectivity index (χ4v) is 2.59. The third kappa shape index (κ3) is 2.24. The first-order valence-corrected chi connectivity index (χ1v) is 6.26. The second kappa shape index (κ2) is 4.82. The van der Waals surface area contributed by atoms with E-state index in [2.05, 4.69) is 6.92 Å². The number of carbonyl (C=O) groups excluding carboxylic acids is 1. The van der Waals surface area contributed by atoms with Gasteiger partial charge in [-0.1, -0.05) is 19.8 Å². The van der Waals surface area contributed by atoms with Gasteiger partial charge < -0.3 is 4.74 Å². The molecule has 2 rings (SSSR count). The van der Waals surface area contributed by atoms with Crippen molar-refractivity contribution in [3.8, 4) is 0 Å². The van der Waals surface area contributed by atoms with Crippen LogP contribution in [0.15, 0.2) is 11.1 Å². The van der Waals surface area contributed by atoms with Crippen LogP contribution >= 0.6 is 0 Å². The molecule has 0 saturated heterocycles. The van der Waals surface area contributed by atoms with Crippen LogP contribution in [0.4, 0.5) is 0 Å². The summed E-state index contributed by atoms with van der Waals surface area (Å²) in [4.78, 5) is 11.7. The van der Waals surface area contributed by atoms with Gasteiger partial charge in [-0.25, -0.2) is 4.79 Å². The Morgan fingerprint density at radius 2 is 2.07 bits per heavy atom. The molecule has 1 heterocycles. The molecule has 0 aromatic carbocycles. The summed E-state index contributed by atoms with van der Waals surface area (Å²) in [6.07, 6.45) is 9.21. The van der Waals surface area contributed by atoms with E-state index in [1.807, 2.05) is 0 Å². The first-order valence-electron chi connectivity index (χ1n) is 6.26. The monoisotopic (exact) mass is 208 g/mol. The highest BCUT2D eigenvalue weighted by atomic mass is 16.5. The van der Waals surface area contributed by atoms with Crippen LogP contribution < -0.4 is 0 Å². The van der Waals surface area contributed by atoms with Crippen molar-refractivity contribution in [2.45, 2.75) is 64.4 Å². The number of ether oxygens (including phenoxy) is 1. The highest BCUT2D eigenvalue weighted by molar-refractivity contribution is 5.92. The van der Waals surface area contributed by atoms with Crippen molar-refractivity contribution in [3.63, 3.8) is 0 Å². The highest BCUT2D eigenvalue weighted by Crippen LogP contribution is 2.35. The molecule has 0 aromatic rings. The van der Waals surface area contributed by atoms with Crippen LogP contribution in [0.1, 0.15) is 58.3 Å². The van der Waals surface area contributed by atoms with E-state index in [1.54, 1.807) is 0 Å². The summed E-state index contributed by atoms with van der Waals surface area (Å²) in [5.74, 6) is -0.0204. The lowest BCUT2D eigenvalue weighted by Crippen LogP contribution is -2.11. The predicted molar refractivity (Wildman–Crippen MR) is 59.5 cm³/mol. The fourth-order valence-electron chi connectivity index (χ4n) is 2.59. The van der Waals surface area contributed by atoms with E-state index in [-0.39, 0.29) is 12.1 Å². The van der Waals surface area contributed by atoms with E-state index in [0.29, 0.717) is 0 Å². The van der Waals surface area contributed by atoms with E-state index in [9.17, 15) is 4.79 Å². The maximum absolute atomic E-state index is 11.7. The Hall–Kier alpha value is -0.790. The quantitative estimate of drug-likeness (QED) is 0.665. The van der Waals surface area contributed by atoms with Crippen LogP contribution in [0.25, 0.3) is 0 Å². The molecule has 0 radical (unpaired) electrons. The molecular formula is C13H20O2. The van der Waals surface area contributed by atoms with Gasteiger partial charge in [0.1, 0.15) is 6.10 Å². The minimum Gasteiger partial charge on any atom is -0.454 e. The maximum atomic E-state index is 11.7. The Kier molecular flexibility index (Phi) is 3.45. The Balaban J connectivity index is 2.08. The van der Waals surface area contributed by atoms with Crippen LogP contribution in [-0.2, 0) is 9.53 Å². The second-order valence-corrected chi connectivity index (χ2v) is 4.60. The highest BCUT2D eigenvalue weighted by Gasteiger charge is 2.33. The van der Waals surface area contributed by atoms with E-state index < -0.39 is 0 Å². The summed E-state index contributed by atoms with van der Waals surface area (Å²) >= 11 is 0. The normalized spacial score (nSPS) is 26.2. The van der Waals surface area contributed by atoms with Crippen LogP contribution in [-0.4, -0.2) is 12.1 Å². The van der Waals surface area contributed by atoms with Gasteiger partial charge in [0.05, 0.1) is 0 Å². The summed E-state index contributed by atoms with van der Waals surface area (Å²) in [6.45, 7) is 2.18. The summed E-state index contributed by atoms with van der Waals surface area (Å²) in [5, 5.41) is 0. The molecule has 2 aliphatic rings. The molecule has 1 atom stereocenters. The van der Waals surface area contributed by atoms with Crippen LogP contribution in [0.2, 0.25) is 0 Å². The molecule has 0 spiro atoms. The smallest absolute Gasteiger partial charge is 0.334 e. The lowest BCUT2D eigenvalue weighted by atomic mass is 9.97. The first kappa shape index (κ1) is 10.7. The third-order valence-electron chi connectivity index (χ3n) is 3.46. The van der Waals surface area contributed by atoms with Gasteiger partial charge in [-0.05, 0) is 44.1 Å². The Labute approximate surface area is 91.7 Å². The summed E-state index contributed by atoms with van der Waals surface area (Å²) in [5.41, 5.74) is 2.36. The number of unbranched alkanes of at least 4 members (excludes halogenated alkanes) is 1. The molecule has 1 aliphatic carbocycles.